The van der Waals surface area contributed by atoms with Gasteiger partial charge in [-0.05, 0) is 35.2 Å². The Balaban J connectivity index is 1.62. The summed E-state index contributed by atoms with van der Waals surface area (Å²) in [6.07, 6.45) is 4.21. The fourth-order valence-corrected chi connectivity index (χ4v) is 4.81. The van der Waals surface area contributed by atoms with Gasteiger partial charge in [-0.1, -0.05) is 36.4 Å². The molecule has 0 radical (unpaired) electrons. The highest BCUT2D eigenvalue weighted by atomic mass is 16.5. The molecule has 158 valence electrons. The predicted molar refractivity (Wildman–Crippen MR) is 115 cm³/mol. The number of carbonyl (C=O) groups is 1. The van der Waals surface area contributed by atoms with Crippen molar-refractivity contribution in [2.45, 2.75) is 30.8 Å². The quantitative estimate of drug-likeness (QED) is 0.679. The SMILES string of the molecule is COc1ccc([C@H]2CC(=O)C([C@@H]3NCCc4ccccc43)=C(O)[C@@H]2n2cncn2)cc1. The van der Waals surface area contributed by atoms with Crippen LogP contribution in [0, 0.1) is 0 Å². The van der Waals surface area contributed by atoms with Gasteiger partial charge in [-0.25, -0.2) is 9.67 Å². The highest BCUT2D eigenvalue weighted by molar-refractivity contribution is 5.99. The zero-order valence-electron chi connectivity index (χ0n) is 17.2. The first kappa shape index (κ1) is 19.5. The largest absolute Gasteiger partial charge is 0.510 e. The van der Waals surface area contributed by atoms with Crippen molar-refractivity contribution < 1.29 is 14.6 Å². The van der Waals surface area contributed by atoms with Gasteiger partial charge in [0.05, 0.1) is 18.7 Å². The summed E-state index contributed by atoms with van der Waals surface area (Å²) in [5.74, 6) is 0.481. The van der Waals surface area contributed by atoms with Gasteiger partial charge in [0, 0.05) is 18.9 Å². The van der Waals surface area contributed by atoms with Gasteiger partial charge in [-0.15, -0.1) is 0 Å². The number of aliphatic hydroxyl groups excluding tert-OH is 1. The number of allylic oxidation sites excluding steroid dienone is 1. The van der Waals surface area contributed by atoms with E-state index in [1.807, 2.05) is 42.5 Å². The van der Waals surface area contributed by atoms with Crippen LogP contribution in [0.3, 0.4) is 0 Å². The molecule has 0 amide bonds. The fourth-order valence-electron chi connectivity index (χ4n) is 4.81. The number of nitrogens with zero attached hydrogens (tertiary/aromatic N) is 3. The number of hydrogen-bond donors (Lipinski definition) is 2. The molecule has 0 spiro atoms. The zero-order chi connectivity index (χ0) is 21.4. The van der Waals surface area contributed by atoms with Crippen molar-refractivity contribution >= 4 is 5.78 Å². The lowest BCUT2D eigenvalue weighted by atomic mass is 9.75. The van der Waals surface area contributed by atoms with Crippen molar-refractivity contribution in [2.24, 2.45) is 0 Å². The molecule has 2 aliphatic rings. The first-order chi connectivity index (χ1) is 15.2. The molecule has 2 aromatic carbocycles. The Labute approximate surface area is 180 Å². The Morgan fingerprint density at radius 1 is 1.16 bits per heavy atom. The number of nitrogens with one attached hydrogen (secondary N) is 1. The van der Waals surface area contributed by atoms with Crippen molar-refractivity contribution in [3.8, 4) is 5.75 Å². The first-order valence-electron chi connectivity index (χ1n) is 10.4. The molecule has 31 heavy (non-hydrogen) atoms. The van der Waals surface area contributed by atoms with E-state index in [-0.39, 0.29) is 29.9 Å². The minimum Gasteiger partial charge on any atom is -0.510 e. The van der Waals surface area contributed by atoms with Gasteiger partial charge >= 0.3 is 0 Å². The Bertz CT molecular complexity index is 1120. The van der Waals surface area contributed by atoms with Crippen LogP contribution in [0.4, 0.5) is 0 Å². The molecule has 7 nitrogen and oxygen atoms in total. The van der Waals surface area contributed by atoms with Crippen molar-refractivity contribution in [1.82, 2.24) is 20.1 Å². The van der Waals surface area contributed by atoms with Crippen LogP contribution in [0.25, 0.3) is 0 Å². The summed E-state index contributed by atoms with van der Waals surface area (Å²) >= 11 is 0. The van der Waals surface area contributed by atoms with Gasteiger partial charge in [0.25, 0.3) is 0 Å². The molecule has 3 aromatic rings. The molecule has 2 N–H and O–H groups in total. The smallest absolute Gasteiger partial charge is 0.164 e. The van der Waals surface area contributed by atoms with Crippen LogP contribution in [0.1, 0.15) is 41.1 Å². The number of Topliss-reactive ketones (excluding diaryl/α,β-unsaturated/α-hetero) is 1. The van der Waals surface area contributed by atoms with E-state index < -0.39 is 6.04 Å². The minimum absolute atomic E-state index is 0.0520. The molecule has 0 saturated heterocycles. The second-order valence-electron chi connectivity index (χ2n) is 7.96. The fraction of sp³-hybridized carbons (Fsp3) is 0.292. The van der Waals surface area contributed by atoms with Crippen molar-refractivity contribution in [2.75, 3.05) is 13.7 Å². The number of carbonyl (C=O) groups excluding carboxylic acids is 1. The number of methoxy groups -OCH3 is 1. The van der Waals surface area contributed by atoms with E-state index in [4.69, 9.17) is 4.74 Å². The molecule has 0 bridgehead atoms. The zero-order valence-corrected chi connectivity index (χ0v) is 17.2. The topological polar surface area (TPSA) is 89.3 Å². The Hall–Kier alpha value is -3.45. The normalized spacial score (nSPS) is 23.5. The summed E-state index contributed by atoms with van der Waals surface area (Å²) in [5, 5.41) is 19.2. The summed E-state index contributed by atoms with van der Waals surface area (Å²) in [6.45, 7) is 0.752. The van der Waals surface area contributed by atoms with Crippen LogP contribution >= 0.6 is 0 Å². The molecular weight excluding hydrogens is 392 g/mol. The monoisotopic (exact) mass is 416 g/mol. The molecule has 1 aliphatic heterocycles. The van der Waals surface area contributed by atoms with E-state index in [2.05, 4.69) is 21.5 Å². The van der Waals surface area contributed by atoms with Gasteiger partial charge in [-0.2, -0.15) is 5.10 Å². The van der Waals surface area contributed by atoms with E-state index in [1.165, 1.54) is 11.9 Å². The Morgan fingerprint density at radius 3 is 2.71 bits per heavy atom. The maximum atomic E-state index is 13.4. The molecule has 0 saturated carbocycles. The van der Waals surface area contributed by atoms with Gasteiger partial charge < -0.3 is 15.2 Å². The standard InChI is InChI=1S/C24H24N4O3/c1-31-17-8-6-16(7-9-17)19-12-20(29)21(24(30)23(19)28-14-25-13-27-28)22-18-5-3-2-4-15(18)10-11-26-22/h2-9,13-14,19,22-23,26,30H,10-12H2,1H3/t19-,22-,23-/m1/s1. The van der Waals surface area contributed by atoms with E-state index >= 15 is 0 Å². The third-order valence-electron chi connectivity index (χ3n) is 6.31. The average Bonchev–Trinajstić information content (AvgIpc) is 3.33. The highest BCUT2D eigenvalue weighted by Gasteiger charge is 2.42. The van der Waals surface area contributed by atoms with Gasteiger partial charge in [0.1, 0.15) is 30.2 Å². The molecule has 2 heterocycles. The predicted octanol–water partition coefficient (Wildman–Crippen LogP) is 3.28. The van der Waals surface area contributed by atoms with Crippen LogP contribution in [0.15, 0.2) is 72.5 Å². The lowest BCUT2D eigenvalue weighted by molar-refractivity contribution is -0.117. The van der Waals surface area contributed by atoms with Gasteiger partial charge in [0.2, 0.25) is 0 Å². The van der Waals surface area contributed by atoms with Crippen molar-refractivity contribution in [1.29, 1.82) is 0 Å². The summed E-state index contributed by atoms with van der Waals surface area (Å²) in [4.78, 5) is 17.5. The summed E-state index contributed by atoms with van der Waals surface area (Å²) in [6, 6.07) is 14.9. The van der Waals surface area contributed by atoms with E-state index in [9.17, 15) is 9.90 Å². The number of fused-ring (bicyclic) bond motifs is 1. The van der Waals surface area contributed by atoms with E-state index in [0.29, 0.717) is 5.57 Å². The average molecular weight is 416 g/mol. The lowest BCUT2D eigenvalue weighted by Crippen LogP contribution is -2.38. The molecule has 5 rings (SSSR count). The number of benzene rings is 2. The van der Waals surface area contributed by atoms with Crippen LogP contribution in [0.5, 0.6) is 5.75 Å². The number of aliphatic hydroxyl groups is 1. The summed E-state index contributed by atoms with van der Waals surface area (Å²) < 4.78 is 6.91. The van der Waals surface area contributed by atoms with E-state index in [0.717, 1.165) is 29.8 Å². The Morgan fingerprint density at radius 2 is 1.97 bits per heavy atom. The second kappa shape index (κ2) is 8.00. The number of aromatic nitrogens is 3. The molecule has 7 heteroatoms. The van der Waals surface area contributed by atoms with Crippen molar-refractivity contribution in [3.05, 3.63) is 89.2 Å². The third-order valence-corrected chi connectivity index (χ3v) is 6.31. The second-order valence-corrected chi connectivity index (χ2v) is 7.96. The molecule has 0 unspecified atom stereocenters. The lowest BCUT2D eigenvalue weighted by Gasteiger charge is -2.36. The maximum Gasteiger partial charge on any atom is 0.164 e. The number of hydrogen-bond acceptors (Lipinski definition) is 6. The third kappa shape index (κ3) is 3.41. The van der Waals surface area contributed by atoms with Crippen LogP contribution in [0.2, 0.25) is 0 Å². The molecule has 1 aliphatic carbocycles. The number of ketones is 1. The minimum atomic E-state index is -0.514. The Kier molecular flexibility index (Phi) is 5.03. The summed E-state index contributed by atoms with van der Waals surface area (Å²) in [7, 11) is 1.62. The molecule has 0 fully saturated rings. The maximum absolute atomic E-state index is 13.4. The van der Waals surface area contributed by atoms with Crippen LogP contribution < -0.4 is 10.1 Å². The molecule has 1 aromatic heterocycles. The van der Waals surface area contributed by atoms with Crippen LogP contribution in [-0.4, -0.2) is 39.3 Å². The van der Waals surface area contributed by atoms with Crippen LogP contribution in [-0.2, 0) is 11.2 Å². The first-order valence-corrected chi connectivity index (χ1v) is 10.4. The molecule has 3 atom stereocenters. The van der Waals surface area contributed by atoms with Gasteiger partial charge in [0.15, 0.2) is 5.78 Å². The number of ether oxygens (including phenoxy) is 1. The highest BCUT2D eigenvalue weighted by Crippen LogP contribution is 2.45. The summed E-state index contributed by atoms with van der Waals surface area (Å²) in [5.41, 5.74) is 3.62. The van der Waals surface area contributed by atoms with Gasteiger partial charge in [-0.3, -0.25) is 4.79 Å². The number of rotatable bonds is 4. The van der Waals surface area contributed by atoms with E-state index in [1.54, 1.807) is 18.1 Å². The molecular formula is C24H24N4O3. The van der Waals surface area contributed by atoms with Crippen molar-refractivity contribution in [3.63, 3.8) is 0 Å².